The lowest BCUT2D eigenvalue weighted by molar-refractivity contribution is -0.204. The Kier molecular flexibility index (Phi) is 6.74. The highest BCUT2D eigenvalue weighted by molar-refractivity contribution is 5.83. The first kappa shape index (κ1) is 20.7. The van der Waals surface area contributed by atoms with Crippen LogP contribution in [0.3, 0.4) is 0 Å². The maximum Gasteiger partial charge on any atom is 0.279 e. The Morgan fingerprint density at radius 2 is 1.84 bits per heavy atom. The molecule has 138 valence electrons. The summed E-state index contributed by atoms with van der Waals surface area (Å²) in [6.45, 7) is 2.06. The molecule has 1 aromatic carbocycles. The average molecular weight is 359 g/mol. The standard InChI is InChI=1S/C16H19F2NO6/c1-3-25-5-4-10-6-11(17)13(12(18)7-10)15(22,9-20)8-16(23,24)14(21)19-2/h4-7,9,22-24H,3,8H2,1-2H3,(H,19,21)/b5-4+. The number of hydrogen-bond acceptors (Lipinski definition) is 6. The van der Waals surface area contributed by atoms with Crippen LogP contribution in [0.25, 0.3) is 6.08 Å². The van der Waals surface area contributed by atoms with Gasteiger partial charge in [-0.25, -0.2) is 8.78 Å². The van der Waals surface area contributed by atoms with Gasteiger partial charge in [0.1, 0.15) is 11.6 Å². The summed E-state index contributed by atoms with van der Waals surface area (Å²) < 4.78 is 33.4. The number of likely N-dealkylation sites (N-methyl/N-ethyl adjacent to an activating group) is 1. The van der Waals surface area contributed by atoms with Crippen LogP contribution in [-0.4, -0.2) is 47.0 Å². The van der Waals surface area contributed by atoms with Crippen LogP contribution in [-0.2, 0) is 19.9 Å². The molecule has 0 aromatic heterocycles. The van der Waals surface area contributed by atoms with Crippen molar-refractivity contribution in [1.82, 2.24) is 5.32 Å². The molecule has 0 aliphatic rings. The Morgan fingerprint density at radius 3 is 2.28 bits per heavy atom. The number of benzene rings is 1. The normalized spacial score (nSPS) is 14.2. The minimum absolute atomic E-state index is 0.0472. The molecule has 0 fully saturated rings. The molecule has 0 bridgehead atoms. The molecule has 1 unspecified atom stereocenters. The van der Waals surface area contributed by atoms with Gasteiger partial charge in [-0.3, -0.25) is 9.59 Å². The predicted molar refractivity (Wildman–Crippen MR) is 82.8 cm³/mol. The molecule has 0 aliphatic heterocycles. The van der Waals surface area contributed by atoms with Crippen LogP contribution in [0.4, 0.5) is 8.78 Å². The van der Waals surface area contributed by atoms with Crippen molar-refractivity contribution in [1.29, 1.82) is 0 Å². The summed E-state index contributed by atoms with van der Waals surface area (Å²) in [5.41, 5.74) is -4.04. The molecular weight excluding hydrogens is 340 g/mol. The first-order chi connectivity index (χ1) is 11.6. The molecule has 4 N–H and O–H groups in total. The highest BCUT2D eigenvalue weighted by atomic mass is 19.1. The average Bonchev–Trinajstić information content (AvgIpc) is 2.53. The van der Waals surface area contributed by atoms with E-state index in [0.717, 1.165) is 19.2 Å². The molecule has 1 atom stereocenters. The fourth-order valence-corrected chi connectivity index (χ4v) is 2.17. The van der Waals surface area contributed by atoms with Crippen molar-refractivity contribution in [2.24, 2.45) is 0 Å². The maximum atomic E-state index is 14.3. The number of amides is 1. The highest BCUT2D eigenvalue weighted by Crippen LogP contribution is 2.33. The Labute approximate surface area is 142 Å². The summed E-state index contributed by atoms with van der Waals surface area (Å²) in [6.07, 6.45) is 0.823. The van der Waals surface area contributed by atoms with Crippen molar-refractivity contribution in [2.45, 2.75) is 24.7 Å². The second-order valence-electron chi connectivity index (χ2n) is 5.23. The SMILES string of the molecule is CCO/C=C/c1cc(F)c(C(O)(C=O)CC(O)(O)C(=O)NC)c(F)c1. The molecule has 0 aliphatic carbocycles. The van der Waals surface area contributed by atoms with E-state index in [9.17, 15) is 33.7 Å². The Hall–Kier alpha value is -2.36. The molecule has 25 heavy (non-hydrogen) atoms. The van der Waals surface area contributed by atoms with Crippen LogP contribution in [0, 0.1) is 11.6 Å². The van der Waals surface area contributed by atoms with E-state index in [1.54, 1.807) is 6.92 Å². The van der Waals surface area contributed by atoms with Crippen LogP contribution in [0.15, 0.2) is 18.4 Å². The van der Waals surface area contributed by atoms with Crippen LogP contribution >= 0.6 is 0 Å². The maximum absolute atomic E-state index is 14.3. The topological polar surface area (TPSA) is 116 Å². The van der Waals surface area contributed by atoms with E-state index in [4.69, 9.17) is 4.74 Å². The number of aldehydes is 1. The summed E-state index contributed by atoms with van der Waals surface area (Å²) in [6, 6.07) is 1.64. The number of aliphatic hydroxyl groups is 3. The number of carbonyl (C=O) groups excluding carboxylic acids is 2. The van der Waals surface area contributed by atoms with Gasteiger partial charge in [0.15, 0.2) is 11.9 Å². The lowest BCUT2D eigenvalue weighted by Crippen LogP contribution is -2.51. The van der Waals surface area contributed by atoms with E-state index in [0.29, 0.717) is 6.61 Å². The first-order valence-corrected chi connectivity index (χ1v) is 7.24. The van der Waals surface area contributed by atoms with Crippen molar-refractivity contribution in [2.75, 3.05) is 13.7 Å². The van der Waals surface area contributed by atoms with Gasteiger partial charge in [0, 0.05) is 7.05 Å². The summed E-state index contributed by atoms with van der Waals surface area (Å²) in [7, 11) is 1.07. The third kappa shape index (κ3) is 4.81. The molecule has 7 nitrogen and oxygen atoms in total. The predicted octanol–water partition coefficient (Wildman–Crippen LogP) is 0.175. The third-order valence-corrected chi connectivity index (χ3v) is 3.32. The zero-order valence-electron chi connectivity index (χ0n) is 13.6. The number of ether oxygens (including phenoxy) is 1. The van der Waals surface area contributed by atoms with Gasteiger partial charge in [-0.15, -0.1) is 0 Å². The summed E-state index contributed by atoms with van der Waals surface area (Å²) in [4.78, 5) is 22.6. The molecule has 0 spiro atoms. The largest absolute Gasteiger partial charge is 0.501 e. The quantitative estimate of drug-likeness (QED) is 0.299. The zero-order valence-corrected chi connectivity index (χ0v) is 13.6. The number of carbonyl (C=O) groups is 2. The minimum atomic E-state index is -3.23. The number of hydrogen-bond donors (Lipinski definition) is 4. The number of rotatable bonds is 8. The zero-order chi connectivity index (χ0) is 19.3. The second-order valence-corrected chi connectivity index (χ2v) is 5.23. The van der Waals surface area contributed by atoms with Gasteiger partial charge in [0.05, 0.1) is 24.9 Å². The number of nitrogens with one attached hydrogen (secondary N) is 1. The van der Waals surface area contributed by atoms with Crippen molar-refractivity contribution < 1.29 is 38.4 Å². The van der Waals surface area contributed by atoms with Gasteiger partial charge in [-0.05, 0) is 30.7 Å². The van der Waals surface area contributed by atoms with Crippen LogP contribution in [0.1, 0.15) is 24.5 Å². The Bertz CT molecular complexity index is 654. The molecule has 0 radical (unpaired) electrons. The van der Waals surface area contributed by atoms with E-state index in [-0.39, 0.29) is 11.8 Å². The molecule has 9 heteroatoms. The fraction of sp³-hybridized carbons (Fsp3) is 0.375. The van der Waals surface area contributed by atoms with Crippen LogP contribution in [0.5, 0.6) is 0 Å². The van der Waals surface area contributed by atoms with Crippen molar-refractivity contribution >= 4 is 18.3 Å². The Morgan fingerprint density at radius 1 is 1.28 bits per heavy atom. The van der Waals surface area contributed by atoms with E-state index in [1.807, 2.05) is 5.32 Å². The molecule has 1 rings (SSSR count). The van der Waals surface area contributed by atoms with E-state index in [2.05, 4.69) is 0 Å². The first-order valence-electron chi connectivity index (χ1n) is 7.24. The van der Waals surface area contributed by atoms with Crippen molar-refractivity contribution in [3.05, 3.63) is 41.2 Å². The van der Waals surface area contributed by atoms with E-state index >= 15 is 0 Å². The highest BCUT2D eigenvalue weighted by Gasteiger charge is 2.46. The third-order valence-electron chi connectivity index (χ3n) is 3.32. The monoisotopic (exact) mass is 359 g/mol. The molecule has 0 saturated carbocycles. The molecule has 0 saturated heterocycles. The minimum Gasteiger partial charge on any atom is -0.501 e. The van der Waals surface area contributed by atoms with E-state index in [1.165, 1.54) is 12.3 Å². The van der Waals surface area contributed by atoms with Crippen LogP contribution in [0.2, 0.25) is 0 Å². The molecular formula is C16H19F2NO6. The lowest BCUT2D eigenvalue weighted by atomic mass is 9.86. The summed E-state index contributed by atoms with van der Waals surface area (Å²) in [5.74, 6) is -7.20. The number of halogens is 2. The van der Waals surface area contributed by atoms with Crippen molar-refractivity contribution in [3.63, 3.8) is 0 Å². The fourth-order valence-electron chi connectivity index (χ4n) is 2.17. The van der Waals surface area contributed by atoms with Gasteiger partial charge in [0.25, 0.3) is 5.91 Å². The van der Waals surface area contributed by atoms with Crippen molar-refractivity contribution in [3.8, 4) is 0 Å². The lowest BCUT2D eigenvalue weighted by Gasteiger charge is -2.29. The Balaban J connectivity index is 3.31. The van der Waals surface area contributed by atoms with Gasteiger partial charge < -0.3 is 25.4 Å². The van der Waals surface area contributed by atoms with Gasteiger partial charge in [-0.2, -0.15) is 0 Å². The summed E-state index contributed by atoms with van der Waals surface area (Å²) >= 11 is 0. The van der Waals surface area contributed by atoms with Gasteiger partial charge >= 0.3 is 0 Å². The summed E-state index contributed by atoms with van der Waals surface area (Å²) in [5, 5.41) is 31.4. The second kappa shape index (κ2) is 8.15. The molecule has 0 heterocycles. The van der Waals surface area contributed by atoms with Crippen LogP contribution < -0.4 is 5.32 Å². The van der Waals surface area contributed by atoms with E-state index < -0.39 is 40.9 Å². The molecule has 1 amide bonds. The molecule has 1 aromatic rings. The van der Waals surface area contributed by atoms with Gasteiger partial charge in [0.2, 0.25) is 5.79 Å². The smallest absolute Gasteiger partial charge is 0.279 e. The van der Waals surface area contributed by atoms with Gasteiger partial charge in [-0.1, -0.05) is 0 Å².